The summed E-state index contributed by atoms with van der Waals surface area (Å²) in [5, 5.41) is 34.4. The molecule has 0 fully saturated rings. The molecule has 3 aromatic rings. The van der Waals surface area contributed by atoms with Crippen molar-refractivity contribution in [3.8, 4) is 0 Å². The maximum Gasteiger partial charge on any atom is 0.292 e. The van der Waals surface area contributed by atoms with E-state index in [9.17, 15) is 29.8 Å². The predicted octanol–water partition coefficient (Wildman–Crippen LogP) is 3.48. The molecule has 0 spiro atoms. The number of aromatic nitrogens is 3. The largest absolute Gasteiger partial charge is 0.342 e. The molecule has 0 aliphatic carbocycles. The van der Waals surface area contributed by atoms with Crippen LogP contribution in [0.1, 0.15) is 36.1 Å². The highest BCUT2D eigenvalue weighted by Crippen LogP contribution is 2.25. The smallest absolute Gasteiger partial charge is 0.292 e. The number of thioether (sulfide) groups is 1. The Balaban J connectivity index is 1.64. The molecule has 182 valence electrons. The number of rotatable bonds is 10. The number of nitro benzene ring substituents is 2. The Morgan fingerprint density at radius 1 is 1.09 bits per heavy atom. The lowest BCUT2D eigenvalue weighted by Crippen LogP contribution is -2.32. The maximum atomic E-state index is 12.7. The van der Waals surface area contributed by atoms with Crippen molar-refractivity contribution in [2.75, 3.05) is 11.1 Å². The van der Waals surface area contributed by atoms with Crippen LogP contribution in [0, 0.1) is 26.1 Å². The van der Waals surface area contributed by atoms with Gasteiger partial charge in [-0.05, 0) is 18.1 Å². The number of nitrogens with one attached hydrogen (secondary N) is 3. The molecule has 0 saturated carbocycles. The lowest BCUT2D eigenvalue weighted by atomic mass is 10.0. The van der Waals surface area contributed by atoms with Gasteiger partial charge in [0.2, 0.25) is 11.1 Å². The van der Waals surface area contributed by atoms with E-state index in [1.165, 1.54) is 42.5 Å². The summed E-state index contributed by atoms with van der Waals surface area (Å²) in [6.07, 6.45) is 0. The van der Waals surface area contributed by atoms with Gasteiger partial charge >= 0.3 is 0 Å². The zero-order valence-corrected chi connectivity index (χ0v) is 19.4. The molecule has 3 rings (SSSR count). The fraction of sp³-hybridized carbons (Fsp3) is 0.238. The zero-order chi connectivity index (χ0) is 25.5. The number of aromatic amines is 1. The average Bonchev–Trinajstić information content (AvgIpc) is 3.29. The van der Waals surface area contributed by atoms with Gasteiger partial charge in [-0.25, -0.2) is 4.98 Å². The molecule has 14 heteroatoms. The van der Waals surface area contributed by atoms with E-state index >= 15 is 0 Å². The third-order valence-electron chi connectivity index (χ3n) is 4.76. The van der Waals surface area contributed by atoms with Crippen molar-refractivity contribution in [3.63, 3.8) is 0 Å². The summed E-state index contributed by atoms with van der Waals surface area (Å²) in [4.78, 5) is 50.2. The number of benzene rings is 2. The van der Waals surface area contributed by atoms with Gasteiger partial charge in [0.25, 0.3) is 17.3 Å². The highest BCUT2D eigenvalue weighted by molar-refractivity contribution is 7.99. The number of non-ortho nitro benzene ring substituents is 1. The molecular weight excluding hydrogens is 478 g/mol. The van der Waals surface area contributed by atoms with Crippen LogP contribution in [0.25, 0.3) is 0 Å². The van der Waals surface area contributed by atoms with E-state index in [2.05, 4.69) is 25.8 Å². The number of hydrogen-bond acceptors (Lipinski definition) is 9. The van der Waals surface area contributed by atoms with Crippen LogP contribution in [0.3, 0.4) is 0 Å². The maximum absolute atomic E-state index is 12.7. The van der Waals surface area contributed by atoms with Crippen molar-refractivity contribution in [2.45, 2.75) is 25.0 Å². The van der Waals surface area contributed by atoms with Gasteiger partial charge in [-0.15, -0.1) is 5.10 Å². The molecule has 0 aliphatic heterocycles. The molecule has 3 N–H and O–H groups in total. The summed E-state index contributed by atoms with van der Waals surface area (Å²) in [5.41, 5.74) is -0.199. The minimum Gasteiger partial charge on any atom is -0.342 e. The highest BCUT2D eigenvalue weighted by atomic mass is 32.2. The van der Waals surface area contributed by atoms with E-state index in [4.69, 9.17) is 0 Å². The SMILES string of the molecule is CC(C)[C@H](NC(=O)c1cccc([N+](=O)[O-])c1)c1nc(SCC(=O)Nc2ccccc2[N+](=O)[O-])n[nH]1. The minimum atomic E-state index is -0.585. The number of amides is 2. The van der Waals surface area contributed by atoms with Crippen LogP contribution in [0.4, 0.5) is 17.1 Å². The molecule has 1 heterocycles. The second-order valence-electron chi connectivity index (χ2n) is 7.62. The van der Waals surface area contributed by atoms with Gasteiger partial charge in [0.15, 0.2) is 0 Å². The Morgan fingerprint density at radius 3 is 2.51 bits per heavy atom. The first kappa shape index (κ1) is 25.3. The number of nitrogens with zero attached hydrogens (tertiary/aromatic N) is 4. The van der Waals surface area contributed by atoms with Gasteiger partial charge in [0, 0.05) is 23.8 Å². The van der Waals surface area contributed by atoms with E-state index < -0.39 is 27.7 Å². The van der Waals surface area contributed by atoms with Gasteiger partial charge in [0.1, 0.15) is 11.5 Å². The number of carbonyl (C=O) groups excluding carboxylic acids is 2. The predicted molar refractivity (Wildman–Crippen MR) is 127 cm³/mol. The number of hydrogen-bond donors (Lipinski definition) is 3. The molecule has 13 nitrogen and oxygen atoms in total. The number of nitro groups is 2. The number of H-pyrrole nitrogens is 1. The van der Waals surface area contributed by atoms with Gasteiger partial charge in [-0.1, -0.05) is 43.8 Å². The van der Waals surface area contributed by atoms with E-state index in [0.29, 0.717) is 5.82 Å². The summed E-state index contributed by atoms with van der Waals surface area (Å²) in [5.74, 6) is -0.849. The van der Waals surface area contributed by atoms with Gasteiger partial charge < -0.3 is 10.6 Å². The quantitative estimate of drug-likeness (QED) is 0.213. The lowest BCUT2D eigenvalue weighted by molar-refractivity contribution is -0.384. The van der Waals surface area contributed by atoms with E-state index in [1.807, 2.05) is 13.8 Å². The average molecular weight is 500 g/mol. The fourth-order valence-electron chi connectivity index (χ4n) is 3.05. The van der Waals surface area contributed by atoms with E-state index in [1.54, 1.807) is 6.07 Å². The zero-order valence-electron chi connectivity index (χ0n) is 18.6. The van der Waals surface area contributed by atoms with Crippen LogP contribution in [0.15, 0.2) is 53.7 Å². The third-order valence-corrected chi connectivity index (χ3v) is 5.60. The molecule has 0 saturated heterocycles. The fourth-order valence-corrected chi connectivity index (χ4v) is 3.66. The first-order valence-corrected chi connectivity index (χ1v) is 11.3. The highest BCUT2D eigenvalue weighted by Gasteiger charge is 2.24. The van der Waals surface area contributed by atoms with Crippen molar-refractivity contribution in [1.82, 2.24) is 20.5 Å². The van der Waals surface area contributed by atoms with Crippen molar-refractivity contribution >= 4 is 40.6 Å². The first-order chi connectivity index (χ1) is 16.7. The molecular formula is C21H21N7O6S. The summed E-state index contributed by atoms with van der Waals surface area (Å²) < 4.78 is 0. The monoisotopic (exact) mass is 499 g/mol. The van der Waals surface area contributed by atoms with Crippen LogP contribution in [0.5, 0.6) is 0 Å². The second-order valence-corrected chi connectivity index (χ2v) is 8.56. The minimum absolute atomic E-state index is 0.0857. The molecule has 0 radical (unpaired) electrons. The summed E-state index contributed by atoms with van der Waals surface area (Å²) in [7, 11) is 0. The van der Waals surface area contributed by atoms with E-state index in [0.717, 1.165) is 11.8 Å². The second kappa shape index (κ2) is 11.2. The van der Waals surface area contributed by atoms with Crippen LogP contribution in [-0.4, -0.2) is 42.6 Å². The Hall–Kier alpha value is -4.33. The third kappa shape index (κ3) is 6.60. The molecule has 0 aliphatic rings. The van der Waals surface area contributed by atoms with Gasteiger partial charge in [0.05, 0.1) is 21.6 Å². The molecule has 0 unspecified atom stereocenters. The van der Waals surface area contributed by atoms with Crippen molar-refractivity contribution in [3.05, 3.63) is 80.1 Å². The van der Waals surface area contributed by atoms with Gasteiger partial charge in [-0.2, -0.15) is 0 Å². The summed E-state index contributed by atoms with van der Waals surface area (Å²) in [6.45, 7) is 3.71. The standard InChI is InChI=1S/C21H21N7O6S/c1-12(2)18(23-20(30)13-6-5-7-14(10-13)27(31)32)19-24-21(26-25-19)35-11-17(29)22-15-8-3-4-9-16(15)28(33)34/h3-10,12,18H,11H2,1-2H3,(H,22,29)(H,23,30)(H,24,25,26)/t18-/m0/s1. The summed E-state index contributed by atoms with van der Waals surface area (Å²) in [6, 6.07) is 10.6. The Labute approximate surface area is 203 Å². The topological polar surface area (TPSA) is 186 Å². The van der Waals surface area contributed by atoms with Crippen LogP contribution in [-0.2, 0) is 4.79 Å². The molecule has 2 amide bonds. The van der Waals surface area contributed by atoms with Crippen LogP contribution >= 0.6 is 11.8 Å². The van der Waals surface area contributed by atoms with Crippen molar-refractivity contribution in [1.29, 1.82) is 0 Å². The molecule has 1 aromatic heterocycles. The van der Waals surface area contributed by atoms with Crippen molar-refractivity contribution < 1.29 is 19.4 Å². The molecule has 2 aromatic carbocycles. The molecule has 0 bridgehead atoms. The molecule has 1 atom stereocenters. The van der Waals surface area contributed by atoms with E-state index in [-0.39, 0.29) is 39.5 Å². The lowest BCUT2D eigenvalue weighted by Gasteiger charge is -2.19. The number of carbonyl (C=O) groups is 2. The Bertz CT molecular complexity index is 1260. The van der Waals surface area contributed by atoms with Crippen LogP contribution in [0.2, 0.25) is 0 Å². The van der Waals surface area contributed by atoms with Crippen LogP contribution < -0.4 is 10.6 Å². The normalized spacial score (nSPS) is 11.6. The van der Waals surface area contributed by atoms with Crippen molar-refractivity contribution in [2.24, 2.45) is 5.92 Å². The van der Waals surface area contributed by atoms with Gasteiger partial charge in [-0.3, -0.25) is 34.9 Å². The first-order valence-electron chi connectivity index (χ1n) is 10.3. The Morgan fingerprint density at radius 2 is 1.83 bits per heavy atom. The Kier molecular flexibility index (Phi) is 8.09. The number of para-hydroxylation sites is 2. The molecule has 35 heavy (non-hydrogen) atoms. The summed E-state index contributed by atoms with van der Waals surface area (Å²) >= 11 is 1.01. The number of anilines is 1.